The first-order chi connectivity index (χ1) is 11.2. The fourth-order valence-electron chi connectivity index (χ4n) is 2.52. The Labute approximate surface area is 142 Å². The van der Waals surface area contributed by atoms with Crippen molar-refractivity contribution in [3.63, 3.8) is 0 Å². The Morgan fingerprint density at radius 3 is 2.62 bits per heavy atom. The number of nitrogens with one attached hydrogen (secondary N) is 1. The minimum absolute atomic E-state index is 0.0578. The van der Waals surface area contributed by atoms with E-state index in [1.807, 2.05) is 36.5 Å². The lowest BCUT2D eigenvalue weighted by Crippen LogP contribution is -2.36. The van der Waals surface area contributed by atoms with Crippen LogP contribution in [0.15, 0.2) is 42.6 Å². The number of rotatable bonds is 6. The molecule has 2 N–H and O–H groups in total. The number of carbonyl (C=O) groups is 2. The van der Waals surface area contributed by atoms with E-state index in [1.54, 1.807) is 31.9 Å². The second-order valence-corrected chi connectivity index (χ2v) is 6.65. The summed E-state index contributed by atoms with van der Waals surface area (Å²) in [7, 11) is 1.74. The minimum atomic E-state index is -0.976. The number of benzene rings is 1. The molecule has 0 fully saturated rings. The summed E-state index contributed by atoms with van der Waals surface area (Å²) >= 11 is 0. The average Bonchev–Trinajstić information content (AvgIpc) is 2.93. The van der Waals surface area contributed by atoms with E-state index in [0.29, 0.717) is 6.42 Å². The quantitative estimate of drug-likeness (QED) is 0.800. The number of likely N-dealkylation sites (N-methyl/N-ethyl adjacent to an activating group) is 1. The number of fused-ring (bicyclic) bond motifs is 1. The summed E-state index contributed by atoms with van der Waals surface area (Å²) in [6.07, 6.45) is 6.04. The molecule has 1 aromatic heterocycles. The van der Waals surface area contributed by atoms with Crippen LogP contribution in [0.3, 0.4) is 0 Å². The fraction of sp³-hybridized carbons (Fsp3) is 0.368. The summed E-state index contributed by atoms with van der Waals surface area (Å²) in [5, 5.41) is 10.4. The summed E-state index contributed by atoms with van der Waals surface area (Å²) in [6.45, 7) is 4.79. The van der Waals surface area contributed by atoms with Crippen LogP contribution in [-0.2, 0) is 16.0 Å². The Hall–Kier alpha value is -2.56. The van der Waals surface area contributed by atoms with E-state index < -0.39 is 11.4 Å². The van der Waals surface area contributed by atoms with Crippen LogP contribution >= 0.6 is 0 Å². The zero-order valence-corrected chi connectivity index (χ0v) is 14.5. The molecule has 1 aromatic carbocycles. The van der Waals surface area contributed by atoms with Gasteiger partial charge in [0.1, 0.15) is 0 Å². The highest BCUT2D eigenvalue weighted by atomic mass is 16.4. The summed E-state index contributed by atoms with van der Waals surface area (Å²) in [5.41, 5.74) is 1.17. The third-order valence-electron chi connectivity index (χ3n) is 4.38. The third-order valence-corrected chi connectivity index (χ3v) is 4.38. The zero-order valence-electron chi connectivity index (χ0n) is 14.5. The highest BCUT2D eigenvalue weighted by molar-refractivity contribution is 5.83. The van der Waals surface area contributed by atoms with Gasteiger partial charge in [-0.1, -0.05) is 30.4 Å². The normalized spacial score (nSPS) is 13.3. The van der Waals surface area contributed by atoms with Crippen molar-refractivity contribution in [1.29, 1.82) is 0 Å². The van der Waals surface area contributed by atoms with Crippen molar-refractivity contribution in [3.8, 4) is 0 Å². The molecular formula is C19H24N2O3. The van der Waals surface area contributed by atoms with Crippen molar-refractivity contribution in [3.05, 3.63) is 48.2 Å². The molecule has 24 heavy (non-hydrogen) atoms. The molecule has 5 nitrogen and oxygen atoms in total. The van der Waals surface area contributed by atoms with Crippen molar-refractivity contribution in [2.24, 2.45) is 5.41 Å². The Bertz CT molecular complexity index is 774. The Balaban J connectivity index is 2.32. The first-order valence-corrected chi connectivity index (χ1v) is 7.93. The van der Waals surface area contributed by atoms with Crippen molar-refractivity contribution in [2.75, 3.05) is 7.05 Å². The largest absolute Gasteiger partial charge is 0.481 e. The first-order valence-electron chi connectivity index (χ1n) is 7.93. The monoisotopic (exact) mass is 328 g/mol. The van der Waals surface area contributed by atoms with Gasteiger partial charge in [0.05, 0.1) is 11.5 Å². The van der Waals surface area contributed by atoms with E-state index in [4.69, 9.17) is 0 Å². The molecule has 1 amide bonds. The van der Waals surface area contributed by atoms with E-state index in [9.17, 15) is 14.7 Å². The standard InChI is InChI=1S/C19H24N2O3/c1-13(22)21(4)15(9-10-19(2,3)18(23)24)11-14-12-20-17-8-6-5-7-16(14)17/h5-10,12,15,20H,11H2,1-4H3,(H,23,24)/b10-9+/t15-/m0/s1. The number of nitrogens with zero attached hydrogens (tertiary/aromatic N) is 1. The highest BCUT2D eigenvalue weighted by Gasteiger charge is 2.25. The number of amides is 1. The number of hydrogen-bond donors (Lipinski definition) is 2. The van der Waals surface area contributed by atoms with Crippen molar-refractivity contribution < 1.29 is 14.7 Å². The summed E-state index contributed by atoms with van der Waals surface area (Å²) < 4.78 is 0. The third kappa shape index (κ3) is 3.85. The van der Waals surface area contributed by atoms with Crippen LogP contribution in [0.5, 0.6) is 0 Å². The molecule has 5 heteroatoms. The van der Waals surface area contributed by atoms with Crippen LogP contribution in [-0.4, -0.2) is 40.0 Å². The summed E-state index contributed by atoms with van der Waals surface area (Å²) in [5.74, 6) is -0.951. The summed E-state index contributed by atoms with van der Waals surface area (Å²) in [6, 6.07) is 7.78. The van der Waals surface area contributed by atoms with E-state index in [2.05, 4.69) is 4.98 Å². The first kappa shape index (κ1) is 17.8. The molecule has 1 heterocycles. The van der Waals surface area contributed by atoms with Crippen molar-refractivity contribution >= 4 is 22.8 Å². The average molecular weight is 328 g/mol. The number of aromatic nitrogens is 1. The molecule has 0 aliphatic carbocycles. The molecule has 0 spiro atoms. The molecule has 0 unspecified atom stereocenters. The van der Waals surface area contributed by atoms with Crippen LogP contribution in [0.2, 0.25) is 0 Å². The van der Waals surface area contributed by atoms with Gasteiger partial charge in [-0.05, 0) is 31.9 Å². The summed E-state index contributed by atoms with van der Waals surface area (Å²) in [4.78, 5) is 28.0. The van der Waals surface area contributed by atoms with Gasteiger partial charge in [-0.15, -0.1) is 0 Å². The predicted molar refractivity (Wildman–Crippen MR) is 94.8 cm³/mol. The number of carboxylic acid groups (broad SMARTS) is 1. The smallest absolute Gasteiger partial charge is 0.312 e. The maximum absolute atomic E-state index is 11.8. The molecule has 0 radical (unpaired) electrons. The number of carboxylic acids is 1. The molecular weight excluding hydrogens is 304 g/mol. The number of aliphatic carboxylic acids is 1. The Kier molecular flexibility index (Phi) is 5.12. The van der Waals surface area contributed by atoms with Gasteiger partial charge in [-0.25, -0.2) is 0 Å². The van der Waals surface area contributed by atoms with Gasteiger partial charge in [0, 0.05) is 31.1 Å². The van der Waals surface area contributed by atoms with Crippen LogP contribution < -0.4 is 0 Å². The number of aromatic amines is 1. The molecule has 2 aromatic rings. The van der Waals surface area contributed by atoms with Crippen LogP contribution in [0.1, 0.15) is 26.3 Å². The number of para-hydroxylation sites is 1. The second-order valence-electron chi connectivity index (χ2n) is 6.65. The lowest BCUT2D eigenvalue weighted by atomic mass is 9.91. The fourth-order valence-corrected chi connectivity index (χ4v) is 2.52. The van der Waals surface area contributed by atoms with E-state index in [1.165, 1.54) is 6.92 Å². The molecule has 0 aliphatic heterocycles. The molecule has 0 bridgehead atoms. The topological polar surface area (TPSA) is 73.4 Å². The molecule has 1 atom stereocenters. The van der Waals surface area contributed by atoms with Crippen LogP contribution in [0.4, 0.5) is 0 Å². The maximum atomic E-state index is 11.8. The molecule has 0 aliphatic rings. The van der Waals surface area contributed by atoms with Gasteiger partial charge >= 0.3 is 5.97 Å². The maximum Gasteiger partial charge on any atom is 0.312 e. The predicted octanol–water partition coefficient (Wildman–Crippen LogP) is 3.22. The van der Waals surface area contributed by atoms with Gasteiger partial charge in [0.25, 0.3) is 0 Å². The Morgan fingerprint density at radius 1 is 1.33 bits per heavy atom. The zero-order chi connectivity index (χ0) is 17.9. The SMILES string of the molecule is CC(=O)N(C)[C@@H](/C=C/C(C)(C)C(=O)O)Cc1c[nH]c2ccccc12. The van der Waals surface area contributed by atoms with Crippen LogP contribution in [0.25, 0.3) is 10.9 Å². The van der Waals surface area contributed by atoms with Gasteiger partial charge in [-0.2, -0.15) is 0 Å². The number of hydrogen-bond acceptors (Lipinski definition) is 2. The van der Waals surface area contributed by atoms with E-state index in [-0.39, 0.29) is 11.9 Å². The van der Waals surface area contributed by atoms with Gasteiger partial charge in [0.2, 0.25) is 5.91 Å². The van der Waals surface area contributed by atoms with Gasteiger partial charge in [-0.3, -0.25) is 9.59 Å². The molecule has 2 rings (SSSR count). The second kappa shape index (κ2) is 6.91. The van der Waals surface area contributed by atoms with E-state index >= 15 is 0 Å². The highest BCUT2D eigenvalue weighted by Crippen LogP contribution is 2.23. The van der Waals surface area contributed by atoms with E-state index in [0.717, 1.165) is 16.5 Å². The van der Waals surface area contributed by atoms with Gasteiger partial charge in [0.15, 0.2) is 0 Å². The lowest BCUT2D eigenvalue weighted by molar-refractivity contribution is -0.144. The minimum Gasteiger partial charge on any atom is -0.481 e. The number of H-pyrrole nitrogens is 1. The Morgan fingerprint density at radius 2 is 2.00 bits per heavy atom. The van der Waals surface area contributed by atoms with Crippen molar-refractivity contribution in [1.82, 2.24) is 9.88 Å². The molecule has 0 saturated carbocycles. The van der Waals surface area contributed by atoms with Crippen molar-refractivity contribution in [2.45, 2.75) is 33.2 Å². The molecule has 0 saturated heterocycles. The molecule has 128 valence electrons. The lowest BCUT2D eigenvalue weighted by Gasteiger charge is -2.26. The van der Waals surface area contributed by atoms with Crippen LogP contribution in [0, 0.1) is 5.41 Å². The van der Waals surface area contributed by atoms with Gasteiger partial charge < -0.3 is 15.0 Å². The number of carbonyl (C=O) groups excluding carboxylic acids is 1.